The van der Waals surface area contributed by atoms with Gasteiger partial charge in [0.15, 0.2) is 0 Å². The zero-order valence-corrected chi connectivity index (χ0v) is 14.7. The van der Waals surface area contributed by atoms with E-state index in [0.717, 1.165) is 38.5 Å². The highest BCUT2D eigenvalue weighted by Crippen LogP contribution is 2.29. The standard InChI is InChI=1S/C18H34O5/c1-3-14(8-18-13(2)23-18)9-21-11-17(20)12-22-10-15-5-4-6-16(19)7-15/h13-20H,3-12H2,1-2H3. The number of epoxide rings is 1. The van der Waals surface area contributed by atoms with Crippen LogP contribution in [0.15, 0.2) is 0 Å². The van der Waals surface area contributed by atoms with E-state index >= 15 is 0 Å². The van der Waals surface area contributed by atoms with Gasteiger partial charge in [0, 0.05) is 13.2 Å². The summed E-state index contributed by atoms with van der Waals surface area (Å²) in [6.07, 6.45) is 6.11. The number of aliphatic hydroxyl groups excluding tert-OH is 2. The Morgan fingerprint density at radius 2 is 1.91 bits per heavy atom. The molecule has 5 nitrogen and oxygen atoms in total. The van der Waals surface area contributed by atoms with Crippen LogP contribution in [-0.4, -0.2) is 61.1 Å². The Bertz CT molecular complexity index is 325. The van der Waals surface area contributed by atoms with Crippen molar-refractivity contribution in [3.05, 3.63) is 0 Å². The Balaban J connectivity index is 1.48. The Labute approximate surface area is 140 Å². The molecule has 0 aromatic heterocycles. The number of ether oxygens (including phenoxy) is 3. The Kier molecular flexibility index (Phi) is 8.27. The van der Waals surface area contributed by atoms with Gasteiger partial charge in [-0.05, 0) is 44.4 Å². The van der Waals surface area contributed by atoms with Crippen LogP contribution < -0.4 is 0 Å². The molecule has 6 unspecified atom stereocenters. The smallest absolute Gasteiger partial charge is 0.101 e. The Morgan fingerprint density at radius 3 is 2.57 bits per heavy atom. The van der Waals surface area contributed by atoms with Crippen LogP contribution in [0.2, 0.25) is 0 Å². The fourth-order valence-electron chi connectivity index (χ4n) is 3.36. The summed E-state index contributed by atoms with van der Waals surface area (Å²) in [6, 6.07) is 0. The molecule has 1 aliphatic heterocycles. The normalized spacial score (nSPS) is 33.4. The first-order valence-corrected chi connectivity index (χ1v) is 9.25. The van der Waals surface area contributed by atoms with Gasteiger partial charge in [0.1, 0.15) is 6.10 Å². The molecule has 0 amide bonds. The molecule has 2 fully saturated rings. The predicted molar refractivity (Wildman–Crippen MR) is 88.3 cm³/mol. The van der Waals surface area contributed by atoms with Crippen molar-refractivity contribution in [3.63, 3.8) is 0 Å². The maximum Gasteiger partial charge on any atom is 0.101 e. The van der Waals surface area contributed by atoms with E-state index in [-0.39, 0.29) is 6.10 Å². The third-order valence-corrected chi connectivity index (χ3v) is 5.06. The summed E-state index contributed by atoms with van der Waals surface area (Å²) in [4.78, 5) is 0. The average molecular weight is 330 g/mol. The molecule has 1 saturated heterocycles. The van der Waals surface area contributed by atoms with Crippen LogP contribution in [0.3, 0.4) is 0 Å². The molecular weight excluding hydrogens is 296 g/mol. The molecule has 1 saturated carbocycles. The lowest BCUT2D eigenvalue weighted by atomic mass is 9.88. The second kappa shape index (κ2) is 9.94. The van der Waals surface area contributed by atoms with Crippen molar-refractivity contribution in [1.82, 2.24) is 0 Å². The number of rotatable bonds is 11. The quantitative estimate of drug-likeness (QED) is 0.568. The van der Waals surface area contributed by atoms with Gasteiger partial charge in [0.25, 0.3) is 0 Å². The Morgan fingerprint density at radius 1 is 1.17 bits per heavy atom. The molecule has 0 aromatic carbocycles. The molecule has 1 aliphatic carbocycles. The molecule has 2 aliphatic rings. The van der Waals surface area contributed by atoms with Gasteiger partial charge in [-0.25, -0.2) is 0 Å². The van der Waals surface area contributed by atoms with E-state index in [1.165, 1.54) is 0 Å². The molecule has 0 radical (unpaired) electrons. The molecule has 5 heteroatoms. The Hall–Kier alpha value is -0.200. The van der Waals surface area contributed by atoms with Crippen LogP contribution >= 0.6 is 0 Å². The van der Waals surface area contributed by atoms with Gasteiger partial charge in [-0.3, -0.25) is 0 Å². The van der Waals surface area contributed by atoms with Crippen LogP contribution in [0.5, 0.6) is 0 Å². The van der Waals surface area contributed by atoms with E-state index in [1.807, 2.05) is 0 Å². The first-order chi connectivity index (χ1) is 11.1. The number of aliphatic hydroxyl groups is 2. The molecule has 2 N–H and O–H groups in total. The maximum atomic E-state index is 9.93. The van der Waals surface area contributed by atoms with E-state index in [0.29, 0.717) is 50.5 Å². The SMILES string of the molecule is CCC(COCC(O)COCC1CCCC(O)C1)CC1OC1C. The summed E-state index contributed by atoms with van der Waals surface area (Å²) in [5.41, 5.74) is 0. The third-order valence-electron chi connectivity index (χ3n) is 5.06. The van der Waals surface area contributed by atoms with E-state index in [2.05, 4.69) is 13.8 Å². The summed E-state index contributed by atoms with van der Waals surface area (Å²) in [7, 11) is 0. The highest BCUT2D eigenvalue weighted by molar-refractivity contribution is 4.82. The van der Waals surface area contributed by atoms with Crippen molar-refractivity contribution in [1.29, 1.82) is 0 Å². The van der Waals surface area contributed by atoms with Gasteiger partial charge in [-0.15, -0.1) is 0 Å². The molecule has 0 spiro atoms. The lowest BCUT2D eigenvalue weighted by Crippen LogP contribution is -2.27. The predicted octanol–water partition coefficient (Wildman–Crippen LogP) is 2.14. The lowest BCUT2D eigenvalue weighted by Gasteiger charge is -2.26. The van der Waals surface area contributed by atoms with Crippen LogP contribution in [-0.2, 0) is 14.2 Å². The minimum absolute atomic E-state index is 0.172. The molecule has 136 valence electrons. The average Bonchev–Trinajstić information content (AvgIpc) is 3.21. The molecule has 1 heterocycles. The van der Waals surface area contributed by atoms with E-state index in [1.54, 1.807) is 0 Å². The summed E-state index contributed by atoms with van der Waals surface area (Å²) >= 11 is 0. The first-order valence-electron chi connectivity index (χ1n) is 9.25. The van der Waals surface area contributed by atoms with Gasteiger partial charge in [0.2, 0.25) is 0 Å². The van der Waals surface area contributed by atoms with Crippen molar-refractivity contribution in [2.75, 3.05) is 26.4 Å². The van der Waals surface area contributed by atoms with Crippen molar-refractivity contribution in [2.24, 2.45) is 11.8 Å². The maximum absolute atomic E-state index is 9.93. The number of hydrogen-bond acceptors (Lipinski definition) is 5. The van der Waals surface area contributed by atoms with E-state index in [9.17, 15) is 10.2 Å². The van der Waals surface area contributed by atoms with E-state index in [4.69, 9.17) is 14.2 Å². The topological polar surface area (TPSA) is 71.5 Å². The summed E-state index contributed by atoms with van der Waals surface area (Å²) in [5, 5.41) is 19.6. The van der Waals surface area contributed by atoms with Gasteiger partial charge in [0.05, 0.1) is 31.5 Å². The van der Waals surface area contributed by atoms with Crippen molar-refractivity contribution >= 4 is 0 Å². The zero-order chi connectivity index (χ0) is 16.7. The van der Waals surface area contributed by atoms with Gasteiger partial charge < -0.3 is 24.4 Å². The van der Waals surface area contributed by atoms with E-state index < -0.39 is 6.10 Å². The van der Waals surface area contributed by atoms with Crippen molar-refractivity contribution in [2.45, 2.75) is 76.8 Å². The fourth-order valence-corrected chi connectivity index (χ4v) is 3.36. The summed E-state index contributed by atoms with van der Waals surface area (Å²) < 4.78 is 16.7. The summed E-state index contributed by atoms with van der Waals surface area (Å²) in [5.74, 6) is 0.929. The molecule has 0 aromatic rings. The minimum Gasteiger partial charge on any atom is -0.393 e. The molecule has 6 atom stereocenters. The van der Waals surface area contributed by atoms with Crippen LogP contribution in [0.25, 0.3) is 0 Å². The van der Waals surface area contributed by atoms with Gasteiger partial charge in [-0.1, -0.05) is 19.8 Å². The molecule has 2 rings (SSSR count). The third kappa shape index (κ3) is 7.48. The van der Waals surface area contributed by atoms with Crippen LogP contribution in [0.4, 0.5) is 0 Å². The van der Waals surface area contributed by atoms with Crippen molar-refractivity contribution < 1.29 is 24.4 Å². The van der Waals surface area contributed by atoms with Crippen molar-refractivity contribution in [3.8, 4) is 0 Å². The first kappa shape index (κ1) is 19.1. The monoisotopic (exact) mass is 330 g/mol. The highest BCUT2D eigenvalue weighted by Gasteiger charge is 2.35. The second-order valence-corrected chi connectivity index (χ2v) is 7.30. The fraction of sp³-hybridized carbons (Fsp3) is 1.00. The van der Waals surface area contributed by atoms with Gasteiger partial charge in [-0.2, -0.15) is 0 Å². The lowest BCUT2D eigenvalue weighted by molar-refractivity contribution is -0.0400. The second-order valence-electron chi connectivity index (χ2n) is 7.30. The molecule has 23 heavy (non-hydrogen) atoms. The molecular formula is C18H34O5. The van der Waals surface area contributed by atoms with Crippen LogP contribution in [0, 0.1) is 11.8 Å². The molecule has 0 bridgehead atoms. The summed E-state index contributed by atoms with van der Waals surface area (Å²) in [6.45, 7) is 6.21. The highest BCUT2D eigenvalue weighted by atomic mass is 16.6. The van der Waals surface area contributed by atoms with Crippen LogP contribution in [0.1, 0.15) is 52.4 Å². The zero-order valence-electron chi connectivity index (χ0n) is 14.7. The minimum atomic E-state index is -0.572. The largest absolute Gasteiger partial charge is 0.393 e. The van der Waals surface area contributed by atoms with Gasteiger partial charge >= 0.3 is 0 Å². The number of hydrogen-bond donors (Lipinski definition) is 2.